The lowest BCUT2D eigenvalue weighted by molar-refractivity contribution is 0.0313. The van der Waals surface area contributed by atoms with Crippen molar-refractivity contribution in [2.24, 2.45) is 5.92 Å². The summed E-state index contributed by atoms with van der Waals surface area (Å²) >= 11 is 0. The Morgan fingerprint density at radius 3 is 3.00 bits per heavy atom. The zero-order valence-electron chi connectivity index (χ0n) is 12.0. The maximum absolute atomic E-state index is 12.5. The van der Waals surface area contributed by atoms with Crippen LogP contribution in [-0.4, -0.2) is 53.4 Å². The van der Waals surface area contributed by atoms with Gasteiger partial charge in [-0.3, -0.25) is 4.79 Å². The Hall–Kier alpha value is -1.62. The first-order chi connectivity index (χ1) is 9.65. The van der Waals surface area contributed by atoms with Crippen molar-refractivity contribution < 1.29 is 4.79 Å². The number of nitrogen functional groups attached to an aromatic ring is 1. The summed E-state index contributed by atoms with van der Waals surface area (Å²) in [6, 6.07) is 5.88. The number of anilines is 1. The van der Waals surface area contributed by atoms with Crippen LogP contribution in [0.15, 0.2) is 18.2 Å². The number of amides is 1. The maximum Gasteiger partial charge on any atom is 0.272 e. The molecule has 0 aliphatic carbocycles. The Kier molecular flexibility index (Phi) is 3.61. The van der Waals surface area contributed by atoms with E-state index in [1.807, 2.05) is 4.90 Å². The molecule has 3 rings (SSSR count). The van der Waals surface area contributed by atoms with Crippen molar-refractivity contribution in [1.29, 1.82) is 0 Å². The lowest BCUT2D eigenvalue weighted by Crippen LogP contribution is -2.54. The number of hydrogen-bond donors (Lipinski definition) is 1. The van der Waals surface area contributed by atoms with Crippen LogP contribution in [0.3, 0.4) is 0 Å². The van der Waals surface area contributed by atoms with Gasteiger partial charge in [-0.25, -0.2) is 4.98 Å². The van der Waals surface area contributed by atoms with Gasteiger partial charge in [0.25, 0.3) is 5.91 Å². The highest BCUT2D eigenvalue weighted by Crippen LogP contribution is 2.30. The lowest BCUT2D eigenvalue weighted by Gasteiger charge is -2.45. The molecule has 5 heteroatoms. The third-order valence-corrected chi connectivity index (χ3v) is 4.62. The lowest BCUT2D eigenvalue weighted by atomic mass is 9.84. The van der Waals surface area contributed by atoms with Crippen LogP contribution in [-0.2, 0) is 0 Å². The molecular formula is C15H22N4O. The molecule has 3 heterocycles. The van der Waals surface area contributed by atoms with E-state index in [0.717, 1.165) is 19.5 Å². The number of carbonyl (C=O) groups is 1. The summed E-state index contributed by atoms with van der Waals surface area (Å²) in [7, 11) is 2.20. The van der Waals surface area contributed by atoms with Crippen molar-refractivity contribution in [2.45, 2.75) is 25.3 Å². The molecular weight excluding hydrogens is 252 g/mol. The van der Waals surface area contributed by atoms with Gasteiger partial charge in [-0.05, 0) is 50.9 Å². The van der Waals surface area contributed by atoms with Gasteiger partial charge in [-0.2, -0.15) is 0 Å². The number of pyridine rings is 1. The smallest absolute Gasteiger partial charge is 0.272 e. The van der Waals surface area contributed by atoms with Gasteiger partial charge in [0.2, 0.25) is 0 Å². The van der Waals surface area contributed by atoms with E-state index >= 15 is 0 Å². The minimum Gasteiger partial charge on any atom is -0.384 e. The molecule has 5 nitrogen and oxygen atoms in total. The first kappa shape index (κ1) is 13.4. The average Bonchev–Trinajstić information content (AvgIpc) is 2.46. The van der Waals surface area contributed by atoms with Crippen molar-refractivity contribution >= 4 is 11.7 Å². The van der Waals surface area contributed by atoms with Crippen molar-refractivity contribution in [3.05, 3.63) is 23.9 Å². The molecule has 2 fully saturated rings. The van der Waals surface area contributed by atoms with Crippen LogP contribution in [0.25, 0.3) is 0 Å². The monoisotopic (exact) mass is 274 g/mol. The van der Waals surface area contributed by atoms with Crippen LogP contribution >= 0.6 is 0 Å². The quantitative estimate of drug-likeness (QED) is 0.836. The molecule has 108 valence electrons. The minimum atomic E-state index is 0.0176. The topological polar surface area (TPSA) is 62.5 Å². The predicted molar refractivity (Wildman–Crippen MR) is 78.3 cm³/mol. The summed E-state index contributed by atoms with van der Waals surface area (Å²) in [6.07, 6.45) is 3.52. The summed E-state index contributed by atoms with van der Waals surface area (Å²) in [5.74, 6) is 1.03. The molecule has 1 aromatic heterocycles. The summed E-state index contributed by atoms with van der Waals surface area (Å²) < 4.78 is 0. The molecule has 2 N–H and O–H groups in total. The Bertz CT molecular complexity index is 504. The zero-order valence-corrected chi connectivity index (χ0v) is 12.0. The molecule has 2 saturated heterocycles. The van der Waals surface area contributed by atoms with Gasteiger partial charge in [0.05, 0.1) is 0 Å². The molecule has 0 aromatic carbocycles. The second kappa shape index (κ2) is 5.40. The van der Waals surface area contributed by atoms with Gasteiger partial charge in [0.1, 0.15) is 11.5 Å². The molecule has 20 heavy (non-hydrogen) atoms. The van der Waals surface area contributed by atoms with Crippen LogP contribution < -0.4 is 5.73 Å². The Morgan fingerprint density at radius 2 is 2.20 bits per heavy atom. The standard InChI is InChI=1S/C15H22N4O/c1-18-8-3-4-11-10-19(9-7-13(11)18)15(20)12-5-2-6-14(16)17-12/h2,5-6,11,13H,3-4,7-10H2,1H3,(H2,16,17). The molecule has 0 radical (unpaired) electrons. The Morgan fingerprint density at radius 1 is 1.35 bits per heavy atom. The molecule has 2 unspecified atom stereocenters. The van der Waals surface area contributed by atoms with E-state index in [1.54, 1.807) is 18.2 Å². The van der Waals surface area contributed by atoms with Gasteiger partial charge in [0.15, 0.2) is 0 Å². The summed E-state index contributed by atoms with van der Waals surface area (Å²) in [6.45, 7) is 2.86. The molecule has 2 aliphatic heterocycles. The van der Waals surface area contributed by atoms with Gasteiger partial charge in [-0.15, -0.1) is 0 Å². The largest absolute Gasteiger partial charge is 0.384 e. The normalized spacial score (nSPS) is 27.1. The van der Waals surface area contributed by atoms with Gasteiger partial charge >= 0.3 is 0 Å². The van der Waals surface area contributed by atoms with Crippen LogP contribution in [0, 0.1) is 5.92 Å². The van der Waals surface area contributed by atoms with Crippen LogP contribution in [0.2, 0.25) is 0 Å². The number of nitrogens with two attached hydrogens (primary N) is 1. The zero-order chi connectivity index (χ0) is 14.1. The number of nitrogens with zero attached hydrogens (tertiary/aromatic N) is 3. The van der Waals surface area contributed by atoms with Gasteiger partial charge in [-0.1, -0.05) is 6.07 Å². The number of hydrogen-bond acceptors (Lipinski definition) is 4. The van der Waals surface area contributed by atoms with Crippen molar-refractivity contribution in [3.63, 3.8) is 0 Å². The summed E-state index contributed by atoms with van der Waals surface area (Å²) in [4.78, 5) is 21.0. The first-order valence-corrected chi connectivity index (χ1v) is 7.37. The number of carbonyl (C=O) groups excluding carboxylic acids is 1. The van der Waals surface area contributed by atoms with Crippen molar-refractivity contribution in [2.75, 3.05) is 32.4 Å². The SMILES string of the molecule is CN1CCCC2CN(C(=O)c3cccc(N)n3)CCC21. The highest BCUT2D eigenvalue weighted by molar-refractivity contribution is 5.92. The van der Waals surface area contributed by atoms with E-state index in [0.29, 0.717) is 23.5 Å². The highest BCUT2D eigenvalue weighted by Gasteiger charge is 2.36. The van der Waals surface area contributed by atoms with Crippen LogP contribution in [0.1, 0.15) is 29.8 Å². The summed E-state index contributed by atoms with van der Waals surface area (Å²) in [5.41, 5.74) is 6.13. The van der Waals surface area contributed by atoms with Gasteiger partial charge in [0, 0.05) is 19.1 Å². The average molecular weight is 274 g/mol. The Labute approximate surface area is 119 Å². The third kappa shape index (κ3) is 2.50. The molecule has 0 bridgehead atoms. The summed E-state index contributed by atoms with van der Waals surface area (Å²) in [5, 5.41) is 0. The van der Waals surface area contributed by atoms with Crippen molar-refractivity contribution in [3.8, 4) is 0 Å². The third-order valence-electron chi connectivity index (χ3n) is 4.62. The fourth-order valence-electron chi connectivity index (χ4n) is 3.57. The molecule has 2 atom stereocenters. The van der Waals surface area contributed by atoms with E-state index in [9.17, 15) is 4.79 Å². The van der Waals surface area contributed by atoms with E-state index in [-0.39, 0.29) is 5.91 Å². The minimum absolute atomic E-state index is 0.0176. The predicted octanol–water partition coefficient (Wildman–Crippen LogP) is 1.22. The molecule has 0 saturated carbocycles. The number of rotatable bonds is 1. The Balaban J connectivity index is 1.71. The second-order valence-electron chi connectivity index (χ2n) is 5.94. The molecule has 2 aliphatic rings. The number of likely N-dealkylation sites (tertiary alicyclic amines) is 2. The first-order valence-electron chi connectivity index (χ1n) is 7.37. The van der Waals surface area contributed by atoms with Gasteiger partial charge < -0.3 is 15.5 Å². The van der Waals surface area contributed by atoms with Crippen molar-refractivity contribution in [1.82, 2.24) is 14.8 Å². The number of aromatic nitrogens is 1. The second-order valence-corrected chi connectivity index (χ2v) is 5.94. The van der Waals surface area contributed by atoms with E-state index in [4.69, 9.17) is 5.73 Å². The number of fused-ring (bicyclic) bond motifs is 1. The molecule has 0 spiro atoms. The highest BCUT2D eigenvalue weighted by atomic mass is 16.2. The van der Waals surface area contributed by atoms with E-state index < -0.39 is 0 Å². The molecule has 1 aromatic rings. The fourth-order valence-corrected chi connectivity index (χ4v) is 3.57. The fraction of sp³-hybridized carbons (Fsp3) is 0.600. The van der Waals surface area contributed by atoms with Crippen LogP contribution in [0.5, 0.6) is 0 Å². The molecule has 1 amide bonds. The van der Waals surface area contributed by atoms with Crippen LogP contribution in [0.4, 0.5) is 5.82 Å². The van der Waals surface area contributed by atoms with E-state index in [2.05, 4.69) is 16.9 Å². The van der Waals surface area contributed by atoms with E-state index in [1.165, 1.54) is 19.4 Å². The maximum atomic E-state index is 12.5. The number of piperidine rings is 2.